The lowest BCUT2D eigenvalue weighted by molar-refractivity contribution is -0.198. The molecule has 2 aliphatic rings. The van der Waals surface area contributed by atoms with E-state index in [4.69, 9.17) is 26.8 Å². The molecule has 0 amide bonds. The second kappa shape index (κ2) is 12.0. The highest BCUT2D eigenvalue weighted by Gasteiger charge is 2.46. The van der Waals surface area contributed by atoms with Crippen LogP contribution in [0.4, 0.5) is 24.9 Å². The van der Waals surface area contributed by atoms with Crippen molar-refractivity contribution < 1.29 is 27.4 Å². The molecule has 2 atom stereocenters. The maximum absolute atomic E-state index is 14.6. The Morgan fingerprint density at radius 2 is 1.95 bits per heavy atom. The number of esters is 1. The van der Waals surface area contributed by atoms with Crippen LogP contribution in [0.1, 0.15) is 37.9 Å². The van der Waals surface area contributed by atoms with Crippen LogP contribution in [-0.4, -0.2) is 59.0 Å². The van der Waals surface area contributed by atoms with Crippen LogP contribution in [0, 0.1) is 5.41 Å². The molecule has 43 heavy (non-hydrogen) atoms. The van der Waals surface area contributed by atoms with Crippen molar-refractivity contribution in [2.45, 2.75) is 44.5 Å². The van der Waals surface area contributed by atoms with Gasteiger partial charge in [0.25, 0.3) is 5.56 Å². The summed E-state index contributed by atoms with van der Waals surface area (Å²) in [4.78, 5) is 35.1. The summed E-state index contributed by atoms with van der Waals surface area (Å²) in [5, 5.41) is 3.42. The highest BCUT2D eigenvalue weighted by molar-refractivity contribution is 6.30. The molecule has 0 radical (unpaired) electrons. The van der Waals surface area contributed by atoms with Gasteiger partial charge in [0.05, 0.1) is 6.61 Å². The number of nitrogens with one attached hydrogen (secondary N) is 1. The molecule has 2 saturated heterocycles. The molecule has 0 aliphatic carbocycles. The van der Waals surface area contributed by atoms with Gasteiger partial charge in [0.15, 0.2) is 0 Å². The molecule has 10 nitrogen and oxygen atoms in total. The molecule has 1 spiro atoms. The van der Waals surface area contributed by atoms with Gasteiger partial charge < -0.3 is 30.0 Å². The molecule has 2 aliphatic heterocycles. The molecule has 2 aromatic heterocycles. The number of rotatable bonds is 7. The number of nitrogens with zero attached hydrogens (tertiary/aromatic N) is 4. The van der Waals surface area contributed by atoms with E-state index in [1.807, 2.05) is 4.90 Å². The Hall–Kier alpha value is -3.84. The van der Waals surface area contributed by atoms with Crippen LogP contribution in [-0.2, 0) is 16.6 Å². The summed E-state index contributed by atoms with van der Waals surface area (Å²) < 4.78 is 55.6. The minimum absolute atomic E-state index is 0.00843. The molecule has 0 unspecified atom stereocenters. The second-order valence-corrected chi connectivity index (χ2v) is 11.3. The molecule has 0 bridgehead atoms. The first kappa shape index (κ1) is 30.6. The Bertz CT molecular complexity index is 1560. The number of halogens is 4. The summed E-state index contributed by atoms with van der Waals surface area (Å²) >= 11 is 6.15. The van der Waals surface area contributed by atoms with E-state index in [9.17, 15) is 22.8 Å². The largest absolute Gasteiger partial charge is 0.465 e. The smallest absolute Gasteiger partial charge is 0.429 e. The van der Waals surface area contributed by atoms with Gasteiger partial charge in [0.2, 0.25) is 17.9 Å². The number of aromatic nitrogens is 3. The van der Waals surface area contributed by atoms with Gasteiger partial charge in [-0.15, -0.1) is 0 Å². The quantitative estimate of drug-likeness (QED) is 0.373. The number of pyridine rings is 1. The average Bonchev–Trinajstić information content (AvgIpc) is 3.36. The fourth-order valence-electron chi connectivity index (χ4n) is 5.79. The molecule has 3 N–H and O–H groups in total. The number of hydrogen-bond acceptors (Lipinski definition) is 9. The van der Waals surface area contributed by atoms with Gasteiger partial charge in [-0.25, -0.2) is 0 Å². The number of hydrogen-bond donors (Lipinski definition) is 2. The average molecular weight is 621 g/mol. The number of benzene rings is 1. The van der Waals surface area contributed by atoms with Gasteiger partial charge in [-0.1, -0.05) is 17.7 Å². The van der Waals surface area contributed by atoms with Crippen LogP contribution >= 0.6 is 11.6 Å². The molecule has 3 aromatic rings. The zero-order chi connectivity index (χ0) is 30.9. The van der Waals surface area contributed by atoms with Crippen molar-refractivity contribution in [1.29, 1.82) is 0 Å². The Morgan fingerprint density at radius 3 is 2.65 bits per heavy atom. The number of carbonyl (C=O) groups excluding carboxylic acids is 1. The third kappa shape index (κ3) is 6.57. The van der Waals surface area contributed by atoms with Crippen molar-refractivity contribution >= 4 is 29.3 Å². The molecule has 14 heteroatoms. The fourth-order valence-corrected chi connectivity index (χ4v) is 5.96. The maximum Gasteiger partial charge on any atom is 0.429 e. The molecule has 230 valence electrons. The molecule has 5 rings (SSSR count). The summed E-state index contributed by atoms with van der Waals surface area (Å²) in [6, 6.07) is 7.78. The third-order valence-electron chi connectivity index (χ3n) is 8.03. The highest BCUT2D eigenvalue weighted by Crippen LogP contribution is 2.43. The highest BCUT2D eigenvalue weighted by atomic mass is 35.5. The first-order valence-corrected chi connectivity index (χ1v) is 14.3. The zero-order valence-electron chi connectivity index (χ0n) is 23.7. The fraction of sp³-hybridized carbons (Fsp3) is 0.448. The van der Waals surface area contributed by atoms with Crippen molar-refractivity contribution in [3.63, 3.8) is 0 Å². The number of alkyl halides is 3. The van der Waals surface area contributed by atoms with Gasteiger partial charge in [-0.2, -0.15) is 23.1 Å². The lowest BCUT2D eigenvalue weighted by Gasteiger charge is -2.39. The number of anilines is 2. The van der Waals surface area contributed by atoms with Crippen molar-refractivity contribution in [2.24, 2.45) is 12.5 Å². The minimum atomic E-state index is -4.88. The van der Waals surface area contributed by atoms with Crippen LogP contribution in [0.15, 0.2) is 47.4 Å². The van der Waals surface area contributed by atoms with E-state index >= 15 is 0 Å². The first-order chi connectivity index (χ1) is 20.4. The van der Waals surface area contributed by atoms with Crippen LogP contribution in [0.3, 0.4) is 0 Å². The molecule has 2 fully saturated rings. The Morgan fingerprint density at radius 1 is 1.21 bits per heavy atom. The van der Waals surface area contributed by atoms with Crippen LogP contribution in [0.5, 0.6) is 5.88 Å². The number of aryl methyl sites for hydroxylation is 1. The molecule has 4 heterocycles. The van der Waals surface area contributed by atoms with Crippen LogP contribution in [0.25, 0.3) is 11.1 Å². The monoisotopic (exact) mass is 620 g/mol. The Balaban J connectivity index is 1.40. The first-order valence-electron chi connectivity index (χ1n) is 13.9. The van der Waals surface area contributed by atoms with Gasteiger partial charge in [-0.3, -0.25) is 9.59 Å². The topological polar surface area (TPSA) is 125 Å². The van der Waals surface area contributed by atoms with E-state index in [0.717, 1.165) is 12.8 Å². The maximum atomic E-state index is 14.6. The normalized spacial score (nSPS) is 18.9. The van der Waals surface area contributed by atoms with Crippen molar-refractivity contribution in [2.75, 3.05) is 36.9 Å². The van der Waals surface area contributed by atoms with E-state index in [0.29, 0.717) is 38.5 Å². The third-order valence-corrected chi connectivity index (χ3v) is 8.27. The predicted molar refractivity (Wildman–Crippen MR) is 155 cm³/mol. The number of piperidine rings is 1. The van der Waals surface area contributed by atoms with Gasteiger partial charge >= 0.3 is 12.1 Å². The summed E-state index contributed by atoms with van der Waals surface area (Å²) in [5.41, 5.74) is 5.08. The number of ether oxygens (including phenoxy) is 2. The standard InChI is InChI=1S/C29H32ClF3N6O4/c1-3-42-26(41)21-15-28(16-35-21)8-11-39(12-9-28)22-14-23(37-27(34)36-22)43-24(29(31,32)33)18-7-6-17(30)13-20(18)19-5-4-10-38(2)25(19)40/h4-7,10,13-14,21,24,35H,3,8-9,11-12,15-16H2,1-2H3,(H2,34,36,37)/t21-,24+/m0/s1. The summed E-state index contributed by atoms with van der Waals surface area (Å²) in [6.07, 6.45) is -3.74. The van der Waals surface area contributed by atoms with Crippen molar-refractivity contribution in [1.82, 2.24) is 19.9 Å². The Labute approximate surface area is 251 Å². The second-order valence-electron chi connectivity index (χ2n) is 10.9. The van der Waals surface area contributed by atoms with Crippen LogP contribution in [0.2, 0.25) is 5.02 Å². The lowest BCUT2D eigenvalue weighted by Crippen LogP contribution is -2.41. The summed E-state index contributed by atoms with van der Waals surface area (Å²) in [6.45, 7) is 3.86. The zero-order valence-corrected chi connectivity index (χ0v) is 24.4. The van der Waals surface area contributed by atoms with E-state index in [1.165, 1.54) is 48.1 Å². The van der Waals surface area contributed by atoms with E-state index in [1.54, 1.807) is 13.0 Å². The Kier molecular flexibility index (Phi) is 8.57. The molecule has 0 saturated carbocycles. The van der Waals surface area contributed by atoms with E-state index < -0.39 is 17.8 Å². The summed E-state index contributed by atoms with van der Waals surface area (Å²) in [7, 11) is 1.50. The van der Waals surface area contributed by atoms with Gasteiger partial charge in [-0.05, 0) is 61.4 Å². The summed E-state index contributed by atoms with van der Waals surface area (Å²) in [5.74, 6) is -0.536. The number of nitrogen functional groups attached to an aromatic ring is 1. The van der Waals surface area contributed by atoms with Gasteiger partial charge in [0, 0.05) is 55.1 Å². The SMILES string of the molecule is CCOC(=O)[C@@H]1CC2(CCN(c3cc(O[C@H](c4ccc(Cl)cc4-c4cccn(C)c4=O)C(F)(F)F)nc(N)n3)CC2)CN1. The van der Waals surface area contributed by atoms with Gasteiger partial charge in [0.1, 0.15) is 11.9 Å². The molecular weight excluding hydrogens is 589 g/mol. The van der Waals surface area contributed by atoms with Crippen molar-refractivity contribution in [3.8, 4) is 17.0 Å². The lowest BCUT2D eigenvalue weighted by atomic mass is 9.76. The predicted octanol–water partition coefficient (Wildman–Crippen LogP) is 4.27. The van der Waals surface area contributed by atoms with Crippen LogP contribution < -0.4 is 26.2 Å². The number of carbonyl (C=O) groups is 1. The number of nitrogens with two attached hydrogens (primary N) is 1. The van der Waals surface area contributed by atoms with E-state index in [2.05, 4.69) is 15.3 Å². The minimum Gasteiger partial charge on any atom is -0.465 e. The van der Waals surface area contributed by atoms with E-state index in [-0.39, 0.29) is 51.0 Å². The van der Waals surface area contributed by atoms with Crippen molar-refractivity contribution in [3.05, 3.63) is 63.5 Å². The molecule has 1 aromatic carbocycles. The molecular formula is C29H32ClF3N6O4.